The van der Waals surface area contributed by atoms with Crippen molar-refractivity contribution in [3.05, 3.63) is 58.1 Å². The van der Waals surface area contributed by atoms with E-state index in [1.807, 2.05) is 24.3 Å². The van der Waals surface area contributed by atoms with Gasteiger partial charge in [-0.2, -0.15) is 0 Å². The van der Waals surface area contributed by atoms with Crippen molar-refractivity contribution in [1.82, 2.24) is 15.3 Å². The lowest BCUT2D eigenvalue weighted by atomic mass is 10.2. The maximum atomic E-state index is 11.9. The van der Waals surface area contributed by atoms with Crippen LogP contribution in [0.2, 0.25) is 10.0 Å². The van der Waals surface area contributed by atoms with E-state index in [1.165, 1.54) is 11.8 Å². The summed E-state index contributed by atoms with van der Waals surface area (Å²) in [6, 6.07) is 12.8. The summed E-state index contributed by atoms with van der Waals surface area (Å²) in [6.07, 6.45) is 0. The van der Waals surface area contributed by atoms with E-state index in [-0.39, 0.29) is 5.91 Å². The first-order valence-electron chi connectivity index (χ1n) is 6.89. The molecule has 0 atom stereocenters. The van der Waals surface area contributed by atoms with E-state index in [0.717, 1.165) is 16.6 Å². The number of amides is 1. The van der Waals surface area contributed by atoms with Gasteiger partial charge in [-0.1, -0.05) is 47.1 Å². The summed E-state index contributed by atoms with van der Waals surface area (Å²) in [6.45, 7) is 0.478. The van der Waals surface area contributed by atoms with Crippen LogP contribution in [0.15, 0.2) is 47.6 Å². The molecule has 1 heterocycles. The molecular formula is C16H13Cl2N3OS. The summed E-state index contributed by atoms with van der Waals surface area (Å²) in [5, 5.41) is 4.90. The standard InChI is InChI=1S/C16H13Cl2N3OS/c17-11-3-1-10(2-4-11)8-19-15(22)9-23-16-20-13-6-5-12(18)7-14(13)21-16/h1-7H,8-9H2,(H,19,22)(H,20,21). The van der Waals surface area contributed by atoms with E-state index in [9.17, 15) is 4.79 Å². The number of fused-ring (bicyclic) bond motifs is 1. The van der Waals surface area contributed by atoms with Crippen molar-refractivity contribution >= 4 is 51.9 Å². The Hall–Kier alpha value is -1.69. The van der Waals surface area contributed by atoms with Gasteiger partial charge in [0.25, 0.3) is 0 Å². The Balaban J connectivity index is 1.52. The average molecular weight is 366 g/mol. The van der Waals surface area contributed by atoms with Crippen molar-refractivity contribution < 1.29 is 4.79 Å². The maximum Gasteiger partial charge on any atom is 0.230 e. The van der Waals surface area contributed by atoms with Gasteiger partial charge >= 0.3 is 0 Å². The number of nitrogens with zero attached hydrogens (tertiary/aromatic N) is 1. The molecule has 2 N–H and O–H groups in total. The highest BCUT2D eigenvalue weighted by molar-refractivity contribution is 7.99. The van der Waals surface area contributed by atoms with Crippen LogP contribution in [-0.4, -0.2) is 21.6 Å². The summed E-state index contributed by atoms with van der Waals surface area (Å²) in [5.41, 5.74) is 2.70. The molecule has 0 fully saturated rings. The van der Waals surface area contributed by atoms with Gasteiger partial charge in [0.1, 0.15) is 0 Å². The second-order valence-electron chi connectivity index (χ2n) is 4.90. The molecule has 118 valence electrons. The summed E-state index contributed by atoms with van der Waals surface area (Å²) in [5.74, 6) is 0.240. The first kappa shape index (κ1) is 16.2. The van der Waals surface area contributed by atoms with E-state index in [4.69, 9.17) is 23.2 Å². The van der Waals surface area contributed by atoms with Crippen molar-refractivity contribution in [3.63, 3.8) is 0 Å². The first-order chi connectivity index (χ1) is 11.1. The third-order valence-electron chi connectivity index (χ3n) is 3.17. The number of benzene rings is 2. The molecule has 1 amide bonds. The molecule has 23 heavy (non-hydrogen) atoms. The number of aromatic amines is 1. The highest BCUT2D eigenvalue weighted by atomic mass is 35.5. The molecule has 0 radical (unpaired) electrons. The number of rotatable bonds is 5. The molecule has 4 nitrogen and oxygen atoms in total. The van der Waals surface area contributed by atoms with Crippen molar-refractivity contribution in [2.24, 2.45) is 0 Å². The third kappa shape index (κ3) is 4.41. The smallest absolute Gasteiger partial charge is 0.230 e. The molecule has 0 aliphatic rings. The quantitative estimate of drug-likeness (QED) is 0.663. The fraction of sp³-hybridized carbons (Fsp3) is 0.125. The van der Waals surface area contributed by atoms with E-state index in [1.54, 1.807) is 18.2 Å². The number of nitrogens with one attached hydrogen (secondary N) is 2. The SMILES string of the molecule is O=C(CSc1nc2ccc(Cl)cc2[nH]1)NCc1ccc(Cl)cc1. The molecule has 1 aromatic heterocycles. The number of imidazole rings is 1. The highest BCUT2D eigenvalue weighted by Crippen LogP contribution is 2.22. The van der Waals surface area contributed by atoms with Crippen molar-refractivity contribution in [1.29, 1.82) is 0 Å². The lowest BCUT2D eigenvalue weighted by Crippen LogP contribution is -2.24. The minimum atomic E-state index is -0.0524. The van der Waals surface area contributed by atoms with Crippen molar-refractivity contribution in [2.45, 2.75) is 11.7 Å². The zero-order valence-electron chi connectivity index (χ0n) is 12.0. The van der Waals surface area contributed by atoms with Crippen LogP contribution in [0.3, 0.4) is 0 Å². The first-order valence-corrected chi connectivity index (χ1v) is 8.63. The van der Waals surface area contributed by atoms with Gasteiger partial charge in [-0.25, -0.2) is 4.98 Å². The van der Waals surface area contributed by atoms with Gasteiger partial charge in [0, 0.05) is 16.6 Å². The predicted octanol–water partition coefficient (Wildman–Crippen LogP) is 4.28. The van der Waals surface area contributed by atoms with E-state index in [0.29, 0.717) is 27.5 Å². The van der Waals surface area contributed by atoms with Crippen LogP contribution in [0.25, 0.3) is 11.0 Å². The Kier molecular flexibility index (Phi) is 5.10. The molecule has 0 aliphatic carbocycles. The molecule has 0 saturated carbocycles. The van der Waals surface area contributed by atoms with Crippen LogP contribution in [0.5, 0.6) is 0 Å². The van der Waals surface area contributed by atoms with Crippen LogP contribution in [0.1, 0.15) is 5.56 Å². The number of halogens is 2. The second kappa shape index (κ2) is 7.25. The Morgan fingerprint density at radius 2 is 1.87 bits per heavy atom. The van der Waals surface area contributed by atoms with E-state index >= 15 is 0 Å². The number of H-pyrrole nitrogens is 1. The molecule has 2 aromatic carbocycles. The Morgan fingerprint density at radius 1 is 1.13 bits per heavy atom. The summed E-state index contributed by atoms with van der Waals surface area (Å²) >= 11 is 13.1. The lowest BCUT2D eigenvalue weighted by Gasteiger charge is -2.04. The molecule has 7 heteroatoms. The molecule has 0 bridgehead atoms. The Morgan fingerprint density at radius 3 is 2.65 bits per heavy atom. The van der Waals surface area contributed by atoms with Crippen LogP contribution >= 0.6 is 35.0 Å². The minimum Gasteiger partial charge on any atom is -0.351 e. The monoisotopic (exact) mass is 365 g/mol. The summed E-state index contributed by atoms with van der Waals surface area (Å²) in [4.78, 5) is 19.5. The summed E-state index contributed by atoms with van der Waals surface area (Å²) in [7, 11) is 0. The Labute approximate surface area is 147 Å². The van der Waals surface area contributed by atoms with Gasteiger partial charge in [0.05, 0.1) is 16.8 Å². The number of carbonyl (C=O) groups is 1. The van der Waals surface area contributed by atoms with Gasteiger partial charge in [-0.3, -0.25) is 4.79 Å². The molecule has 0 aliphatic heterocycles. The molecule has 0 saturated heterocycles. The number of hydrogen-bond donors (Lipinski definition) is 2. The molecule has 3 rings (SSSR count). The van der Waals surface area contributed by atoms with E-state index < -0.39 is 0 Å². The second-order valence-corrected chi connectivity index (χ2v) is 6.73. The molecule has 3 aromatic rings. The van der Waals surface area contributed by atoms with Gasteiger partial charge in [0.15, 0.2) is 5.16 Å². The minimum absolute atomic E-state index is 0.0524. The highest BCUT2D eigenvalue weighted by Gasteiger charge is 2.07. The fourth-order valence-corrected chi connectivity index (χ4v) is 3.03. The predicted molar refractivity (Wildman–Crippen MR) is 95.1 cm³/mol. The van der Waals surface area contributed by atoms with Crippen LogP contribution in [-0.2, 0) is 11.3 Å². The number of thioether (sulfide) groups is 1. The van der Waals surface area contributed by atoms with Crippen LogP contribution in [0.4, 0.5) is 0 Å². The summed E-state index contributed by atoms with van der Waals surface area (Å²) < 4.78 is 0. The molecule has 0 spiro atoms. The van der Waals surface area contributed by atoms with Gasteiger partial charge in [0.2, 0.25) is 5.91 Å². The Bertz CT molecular complexity index is 833. The zero-order valence-corrected chi connectivity index (χ0v) is 14.3. The maximum absolute atomic E-state index is 11.9. The van der Waals surface area contributed by atoms with Crippen molar-refractivity contribution in [3.8, 4) is 0 Å². The third-order valence-corrected chi connectivity index (χ3v) is 4.53. The normalized spacial score (nSPS) is 10.9. The number of carbonyl (C=O) groups excluding carboxylic acids is 1. The van der Waals surface area contributed by atoms with Crippen LogP contribution in [0, 0.1) is 0 Å². The van der Waals surface area contributed by atoms with Gasteiger partial charge in [-0.15, -0.1) is 0 Å². The number of hydrogen-bond acceptors (Lipinski definition) is 3. The zero-order chi connectivity index (χ0) is 16.2. The van der Waals surface area contributed by atoms with Gasteiger partial charge < -0.3 is 10.3 Å². The van der Waals surface area contributed by atoms with Crippen molar-refractivity contribution in [2.75, 3.05) is 5.75 Å². The van der Waals surface area contributed by atoms with Gasteiger partial charge in [-0.05, 0) is 35.9 Å². The largest absolute Gasteiger partial charge is 0.351 e. The fourth-order valence-electron chi connectivity index (χ4n) is 2.01. The van der Waals surface area contributed by atoms with E-state index in [2.05, 4.69) is 15.3 Å². The average Bonchev–Trinajstić information content (AvgIpc) is 2.94. The lowest BCUT2D eigenvalue weighted by molar-refractivity contribution is -0.118. The topological polar surface area (TPSA) is 57.8 Å². The molecule has 0 unspecified atom stereocenters. The van der Waals surface area contributed by atoms with Crippen LogP contribution < -0.4 is 5.32 Å². The molecular weight excluding hydrogens is 353 g/mol. The number of aromatic nitrogens is 2.